The Morgan fingerprint density at radius 2 is 1.47 bits per heavy atom. The molecule has 1 heterocycles. The molecule has 1 aromatic heterocycles. The minimum absolute atomic E-state index is 0. The van der Waals surface area contributed by atoms with Crippen LogP contribution in [-0.4, -0.2) is 9.97 Å². The number of fused-ring (bicyclic) bond motifs is 1. The van der Waals surface area contributed by atoms with E-state index in [4.69, 9.17) is 0 Å². The Hall–Kier alpha value is -1.12. The first-order valence-electron chi connectivity index (χ1n) is 5.13. The van der Waals surface area contributed by atoms with Crippen molar-refractivity contribution in [3.05, 3.63) is 60.9 Å². The third-order valence-corrected chi connectivity index (χ3v) is 2.54. The van der Waals surface area contributed by atoms with E-state index in [1.54, 1.807) is 0 Å². The zero-order valence-electron chi connectivity index (χ0n) is 9.17. The summed E-state index contributed by atoms with van der Waals surface area (Å²) in [4.78, 5) is 8.37. The Balaban J connectivity index is 0.00000108. The molecule has 2 aromatic carbocycles. The SMILES string of the molecule is [Y].[c-]1nc(-c2ccccc2)c2ccccc2n1. The van der Waals surface area contributed by atoms with Crippen LogP contribution >= 0.6 is 0 Å². The first-order valence-corrected chi connectivity index (χ1v) is 5.13. The van der Waals surface area contributed by atoms with E-state index in [1.807, 2.05) is 54.6 Å². The van der Waals surface area contributed by atoms with Crippen LogP contribution in [0, 0.1) is 6.33 Å². The molecular formula is C14H9N2Y-. The monoisotopic (exact) mass is 294 g/mol. The fourth-order valence-electron chi connectivity index (χ4n) is 1.78. The Bertz CT molecular complexity index is 618. The van der Waals surface area contributed by atoms with E-state index < -0.39 is 0 Å². The van der Waals surface area contributed by atoms with E-state index >= 15 is 0 Å². The smallest absolute Gasteiger partial charge is 0.0225 e. The van der Waals surface area contributed by atoms with Crippen LogP contribution in [0.2, 0.25) is 0 Å². The number of hydrogen-bond acceptors (Lipinski definition) is 2. The van der Waals surface area contributed by atoms with Crippen molar-refractivity contribution in [1.82, 2.24) is 9.97 Å². The minimum Gasteiger partial charge on any atom is -0.366 e. The van der Waals surface area contributed by atoms with E-state index in [9.17, 15) is 0 Å². The largest absolute Gasteiger partial charge is 0.366 e. The van der Waals surface area contributed by atoms with Crippen LogP contribution in [0.3, 0.4) is 0 Å². The van der Waals surface area contributed by atoms with Gasteiger partial charge in [0.05, 0.1) is 0 Å². The topological polar surface area (TPSA) is 25.8 Å². The molecule has 0 saturated heterocycles. The van der Waals surface area contributed by atoms with Crippen molar-refractivity contribution in [2.24, 2.45) is 0 Å². The zero-order chi connectivity index (χ0) is 10.8. The quantitative estimate of drug-likeness (QED) is 0.645. The van der Waals surface area contributed by atoms with Crippen molar-refractivity contribution in [3.8, 4) is 11.3 Å². The maximum Gasteiger partial charge on any atom is 0.0225 e. The Morgan fingerprint density at radius 1 is 0.765 bits per heavy atom. The van der Waals surface area contributed by atoms with Crippen LogP contribution in [0.15, 0.2) is 54.6 Å². The summed E-state index contributed by atoms with van der Waals surface area (Å²) < 4.78 is 0. The van der Waals surface area contributed by atoms with Gasteiger partial charge in [0.2, 0.25) is 0 Å². The zero-order valence-corrected chi connectivity index (χ0v) is 12.0. The summed E-state index contributed by atoms with van der Waals surface area (Å²) in [6, 6.07) is 18.1. The number of benzene rings is 2. The molecule has 0 bridgehead atoms. The van der Waals surface area contributed by atoms with Gasteiger partial charge in [-0.05, 0) is 11.2 Å². The van der Waals surface area contributed by atoms with Crippen LogP contribution < -0.4 is 0 Å². The van der Waals surface area contributed by atoms with Crippen LogP contribution in [-0.2, 0) is 32.7 Å². The average molecular weight is 294 g/mol. The van der Waals surface area contributed by atoms with Gasteiger partial charge in [0, 0.05) is 39.0 Å². The molecule has 3 heteroatoms. The number of aromatic nitrogens is 2. The maximum absolute atomic E-state index is 4.24. The molecule has 0 aliphatic rings. The van der Waals surface area contributed by atoms with Crippen molar-refractivity contribution < 1.29 is 32.7 Å². The van der Waals surface area contributed by atoms with E-state index in [0.717, 1.165) is 22.2 Å². The van der Waals surface area contributed by atoms with Gasteiger partial charge in [0.1, 0.15) is 0 Å². The summed E-state index contributed by atoms with van der Waals surface area (Å²) in [5, 5.41) is 1.06. The molecule has 3 rings (SSSR count). The second-order valence-corrected chi connectivity index (χ2v) is 3.56. The van der Waals surface area contributed by atoms with Crippen molar-refractivity contribution in [2.45, 2.75) is 0 Å². The van der Waals surface area contributed by atoms with Gasteiger partial charge in [-0.1, -0.05) is 65.5 Å². The van der Waals surface area contributed by atoms with Gasteiger partial charge in [-0.25, -0.2) is 0 Å². The second kappa shape index (κ2) is 5.48. The summed E-state index contributed by atoms with van der Waals surface area (Å²) in [6.45, 7) is 0. The van der Waals surface area contributed by atoms with Gasteiger partial charge in [-0.2, -0.15) is 0 Å². The summed E-state index contributed by atoms with van der Waals surface area (Å²) in [7, 11) is 0. The van der Waals surface area contributed by atoms with Gasteiger partial charge < -0.3 is 9.97 Å². The van der Waals surface area contributed by atoms with Crippen LogP contribution in [0.25, 0.3) is 22.2 Å². The third kappa shape index (κ3) is 2.43. The maximum atomic E-state index is 4.24. The van der Waals surface area contributed by atoms with E-state index in [0.29, 0.717) is 0 Å². The minimum atomic E-state index is 0. The fourth-order valence-corrected chi connectivity index (χ4v) is 1.78. The van der Waals surface area contributed by atoms with Crippen molar-refractivity contribution >= 4 is 10.9 Å². The Morgan fingerprint density at radius 3 is 2.29 bits per heavy atom. The Kier molecular flexibility index (Phi) is 3.98. The number of nitrogens with zero attached hydrogens (tertiary/aromatic N) is 2. The first-order chi connectivity index (χ1) is 7.95. The molecule has 1 radical (unpaired) electrons. The summed E-state index contributed by atoms with van der Waals surface area (Å²) in [6.07, 6.45) is 2.70. The summed E-state index contributed by atoms with van der Waals surface area (Å²) in [5.41, 5.74) is 2.96. The summed E-state index contributed by atoms with van der Waals surface area (Å²) >= 11 is 0. The van der Waals surface area contributed by atoms with Gasteiger partial charge in [0.15, 0.2) is 0 Å². The molecule has 0 aliphatic carbocycles. The predicted octanol–water partition coefficient (Wildman–Crippen LogP) is 3.09. The Labute approximate surface area is 125 Å². The molecule has 0 atom stereocenters. The van der Waals surface area contributed by atoms with Crippen LogP contribution in [0.1, 0.15) is 0 Å². The van der Waals surface area contributed by atoms with Gasteiger partial charge in [0.25, 0.3) is 0 Å². The van der Waals surface area contributed by atoms with Crippen LogP contribution in [0.5, 0.6) is 0 Å². The van der Waals surface area contributed by atoms with Crippen LogP contribution in [0.4, 0.5) is 0 Å². The molecule has 2 nitrogen and oxygen atoms in total. The molecule has 0 fully saturated rings. The molecule has 79 valence electrons. The van der Waals surface area contributed by atoms with Gasteiger partial charge in [-0.15, -0.1) is 0 Å². The molecule has 0 aliphatic heterocycles. The van der Waals surface area contributed by atoms with Crippen molar-refractivity contribution in [2.75, 3.05) is 0 Å². The van der Waals surface area contributed by atoms with Gasteiger partial charge >= 0.3 is 0 Å². The normalized spacial score (nSPS) is 9.88. The van der Waals surface area contributed by atoms with E-state index in [1.165, 1.54) is 0 Å². The molecule has 0 unspecified atom stereocenters. The standard InChI is InChI=1S/C14H9N2.Y/c1-2-6-11(7-3-1)14-12-8-4-5-9-13(12)15-10-16-14;/h1-9H;/q-1;. The second-order valence-electron chi connectivity index (χ2n) is 3.56. The summed E-state index contributed by atoms with van der Waals surface area (Å²) in [5.74, 6) is 0. The first kappa shape index (κ1) is 12.3. The number of para-hydroxylation sites is 1. The molecule has 0 amide bonds. The molecule has 0 spiro atoms. The van der Waals surface area contributed by atoms with Crippen molar-refractivity contribution in [1.29, 1.82) is 0 Å². The molecule has 0 N–H and O–H groups in total. The predicted molar refractivity (Wildman–Crippen MR) is 63.8 cm³/mol. The van der Waals surface area contributed by atoms with E-state index in [2.05, 4.69) is 16.3 Å². The fraction of sp³-hybridized carbons (Fsp3) is 0. The number of hydrogen-bond donors (Lipinski definition) is 0. The van der Waals surface area contributed by atoms with Crippen molar-refractivity contribution in [3.63, 3.8) is 0 Å². The number of rotatable bonds is 1. The molecule has 17 heavy (non-hydrogen) atoms. The molecular weight excluding hydrogens is 285 g/mol. The average Bonchev–Trinajstić information content (AvgIpc) is 2.39. The van der Waals surface area contributed by atoms with E-state index in [-0.39, 0.29) is 32.7 Å². The van der Waals surface area contributed by atoms with Gasteiger partial charge in [-0.3, -0.25) is 0 Å². The third-order valence-electron chi connectivity index (χ3n) is 2.54. The molecule has 3 aromatic rings. The molecule has 0 saturated carbocycles.